The standard InChI is InChI=1S/C16H23N3O/c1-19(11-15-9-5-6-10-20-15)13-16(18,12-17)14-7-3-2-4-8-14/h2-4,7-8,15H,5-6,9-11,13,18H2,1H3. The van der Waals surface area contributed by atoms with Crippen molar-refractivity contribution in [2.24, 2.45) is 5.73 Å². The highest BCUT2D eigenvalue weighted by atomic mass is 16.5. The lowest BCUT2D eigenvalue weighted by molar-refractivity contribution is -0.00328. The minimum Gasteiger partial charge on any atom is -0.377 e. The number of benzene rings is 1. The third-order valence-corrected chi connectivity index (χ3v) is 3.80. The number of nitrogens with two attached hydrogens (primary N) is 1. The number of hydrogen-bond acceptors (Lipinski definition) is 4. The van der Waals surface area contributed by atoms with Crippen LogP contribution in [-0.2, 0) is 10.3 Å². The highest BCUT2D eigenvalue weighted by molar-refractivity contribution is 5.31. The van der Waals surface area contributed by atoms with E-state index in [2.05, 4.69) is 11.0 Å². The van der Waals surface area contributed by atoms with Gasteiger partial charge in [0.1, 0.15) is 5.54 Å². The van der Waals surface area contributed by atoms with Gasteiger partial charge in [0, 0.05) is 19.7 Å². The molecule has 108 valence electrons. The molecule has 2 rings (SSSR count). The van der Waals surface area contributed by atoms with E-state index >= 15 is 0 Å². The smallest absolute Gasteiger partial charge is 0.142 e. The van der Waals surface area contributed by atoms with Crippen molar-refractivity contribution in [1.82, 2.24) is 4.90 Å². The first kappa shape index (κ1) is 15.0. The largest absolute Gasteiger partial charge is 0.377 e. The average Bonchev–Trinajstić information content (AvgIpc) is 2.49. The minimum absolute atomic E-state index is 0.271. The first-order valence-electron chi connectivity index (χ1n) is 7.20. The van der Waals surface area contributed by atoms with Gasteiger partial charge >= 0.3 is 0 Å². The summed E-state index contributed by atoms with van der Waals surface area (Å²) in [6.07, 6.45) is 3.75. The van der Waals surface area contributed by atoms with Gasteiger partial charge in [0.25, 0.3) is 0 Å². The van der Waals surface area contributed by atoms with Crippen molar-refractivity contribution in [1.29, 1.82) is 5.26 Å². The Morgan fingerprint density at radius 3 is 2.75 bits per heavy atom. The molecular weight excluding hydrogens is 250 g/mol. The summed E-state index contributed by atoms with van der Waals surface area (Å²) < 4.78 is 5.74. The lowest BCUT2D eigenvalue weighted by Crippen LogP contribution is -2.47. The van der Waals surface area contributed by atoms with E-state index < -0.39 is 5.54 Å². The topological polar surface area (TPSA) is 62.3 Å². The quantitative estimate of drug-likeness (QED) is 0.889. The van der Waals surface area contributed by atoms with E-state index in [4.69, 9.17) is 10.5 Å². The van der Waals surface area contributed by atoms with E-state index in [0.29, 0.717) is 6.54 Å². The Balaban J connectivity index is 1.97. The molecule has 0 amide bonds. The van der Waals surface area contributed by atoms with Crippen LogP contribution in [0.25, 0.3) is 0 Å². The maximum atomic E-state index is 9.46. The van der Waals surface area contributed by atoms with E-state index in [-0.39, 0.29) is 6.10 Å². The van der Waals surface area contributed by atoms with Crippen molar-refractivity contribution in [3.05, 3.63) is 35.9 Å². The van der Waals surface area contributed by atoms with Gasteiger partial charge < -0.3 is 15.4 Å². The molecule has 1 aliphatic rings. The summed E-state index contributed by atoms with van der Waals surface area (Å²) in [5, 5.41) is 9.46. The second-order valence-corrected chi connectivity index (χ2v) is 5.63. The van der Waals surface area contributed by atoms with E-state index in [1.165, 1.54) is 6.42 Å². The number of hydrogen-bond donors (Lipinski definition) is 1. The summed E-state index contributed by atoms with van der Waals surface area (Å²) in [7, 11) is 2.00. The fourth-order valence-electron chi connectivity index (χ4n) is 2.72. The molecule has 1 fully saturated rings. The Kier molecular flexibility index (Phi) is 5.13. The summed E-state index contributed by atoms with van der Waals surface area (Å²) in [6, 6.07) is 11.8. The molecule has 20 heavy (non-hydrogen) atoms. The van der Waals surface area contributed by atoms with E-state index in [9.17, 15) is 5.26 Å². The maximum absolute atomic E-state index is 9.46. The molecule has 0 spiro atoms. The van der Waals surface area contributed by atoms with Gasteiger partial charge in [-0.3, -0.25) is 0 Å². The molecule has 4 nitrogen and oxygen atoms in total. The third-order valence-electron chi connectivity index (χ3n) is 3.80. The summed E-state index contributed by atoms with van der Waals surface area (Å²) >= 11 is 0. The first-order chi connectivity index (χ1) is 9.64. The van der Waals surface area contributed by atoms with E-state index in [1.807, 2.05) is 37.4 Å². The Morgan fingerprint density at radius 2 is 2.15 bits per heavy atom. The molecule has 0 bridgehead atoms. The minimum atomic E-state index is -0.968. The van der Waals surface area contributed by atoms with Crippen molar-refractivity contribution in [3.63, 3.8) is 0 Å². The fraction of sp³-hybridized carbons (Fsp3) is 0.562. The summed E-state index contributed by atoms with van der Waals surface area (Å²) in [6.45, 7) is 2.18. The number of likely N-dealkylation sites (N-methyl/N-ethyl adjacent to an activating group) is 1. The van der Waals surface area contributed by atoms with Gasteiger partial charge in [0.15, 0.2) is 0 Å². The average molecular weight is 273 g/mol. The van der Waals surface area contributed by atoms with Crippen molar-refractivity contribution >= 4 is 0 Å². The zero-order valence-electron chi connectivity index (χ0n) is 12.1. The van der Waals surface area contributed by atoms with Crippen LogP contribution in [0.1, 0.15) is 24.8 Å². The molecule has 2 atom stereocenters. The fourth-order valence-corrected chi connectivity index (χ4v) is 2.72. The Hall–Kier alpha value is -1.41. The van der Waals surface area contributed by atoms with Crippen LogP contribution in [0.5, 0.6) is 0 Å². The van der Waals surface area contributed by atoms with Crippen molar-refractivity contribution in [2.75, 3.05) is 26.7 Å². The van der Waals surface area contributed by atoms with Gasteiger partial charge in [-0.25, -0.2) is 0 Å². The SMILES string of the molecule is CN(CC1CCCCO1)CC(N)(C#N)c1ccccc1. The monoisotopic (exact) mass is 273 g/mol. The lowest BCUT2D eigenvalue weighted by atomic mass is 9.92. The van der Waals surface area contributed by atoms with Crippen molar-refractivity contribution in [2.45, 2.75) is 30.9 Å². The molecular formula is C16H23N3O. The molecule has 0 radical (unpaired) electrons. The lowest BCUT2D eigenvalue weighted by Gasteiger charge is -2.32. The van der Waals surface area contributed by atoms with E-state index in [0.717, 1.165) is 31.6 Å². The molecule has 2 unspecified atom stereocenters. The van der Waals surface area contributed by atoms with Crippen molar-refractivity contribution < 1.29 is 4.74 Å². The number of rotatable bonds is 5. The number of nitriles is 1. The summed E-state index contributed by atoms with van der Waals surface area (Å²) in [5.41, 5.74) is 6.17. The van der Waals surface area contributed by atoms with Crippen molar-refractivity contribution in [3.8, 4) is 6.07 Å². The van der Waals surface area contributed by atoms with Gasteiger partial charge in [0.05, 0.1) is 12.2 Å². The van der Waals surface area contributed by atoms with Gasteiger partial charge in [-0.15, -0.1) is 0 Å². The normalized spacial score (nSPS) is 22.2. The predicted octanol–water partition coefficient (Wildman–Crippen LogP) is 1.87. The molecule has 2 N–H and O–H groups in total. The van der Waals surface area contributed by atoms with Gasteiger partial charge in [0.2, 0.25) is 0 Å². The van der Waals surface area contributed by atoms with Crippen LogP contribution in [0.15, 0.2) is 30.3 Å². The number of nitrogens with zero attached hydrogens (tertiary/aromatic N) is 2. The van der Waals surface area contributed by atoms with Crippen LogP contribution in [0.3, 0.4) is 0 Å². The highest BCUT2D eigenvalue weighted by Crippen LogP contribution is 2.20. The third kappa shape index (κ3) is 3.80. The van der Waals surface area contributed by atoms with Crippen LogP contribution < -0.4 is 5.73 Å². The van der Waals surface area contributed by atoms with Gasteiger partial charge in [-0.2, -0.15) is 5.26 Å². The van der Waals surface area contributed by atoms with Crippen LogP contribution >= 0.6 is 0 Å². The Bertz CT molecular complexity index is 451. The number of ether oxygens (including phenoxy) is 1. The highest BCUT2D eigenvalue weighted by Gasteiger charge is 2.29. The molecule has 0 aromatic heterocycles. The zero-order valence-corrected chi connectivity index (χ0v) is 12.1. The second kappa shape index (κ2) is 6.85. The molecule has 0 aliphatic carbocycles. The van der Waals surface area contributed by atoms with Crippen LogP contribution in [0.4, 0.5) is 0 Å². The Morgan fingerprint density at radius 1 is 1.40 bits per heavy atom. The van der Waals surface area contributed by atoms with Crippen LogP contribution in [-0.4, -0.2) is 37.7 Å². The summed E-state index contributed by atoms with van der Waals surface area (Å²) in [5.74, 6) is 0. The molecule has 1 aliphatic heterocycles. The molecule has 1 aromatic carbocycles. The van der Waals surface area contributed by atoms with E-state index in [1.54, 1.807) is 0 Å². The second-order valence-electron chi connectivity index (χ2n) is 5.63. The molecule has 1 saturated heterocycles. The maximum Gasteiger partial charge on any atom is 0.142 e. The van der Waals surface area contributed by atoms with Crippen LogP contribution in [0, 0.1) is 11.3 Å². The zero-order chi connectivity index (χ0) is 14.4. The first-order valence-corrected chi connectivity index (χ1v) is 7.20. The Labute approximate surface area is 121 Å². The summed E-state index contributed by atoms with van der Waals surface area (Å²) in [4.78, 5) is 2.10. The van der Waals surface area contributed by atoms with Gasteiger partial charge in [-0.1, -0.05) is 30.3 Å². The molecule has 1 heterocycles. The van der Waals surface area contributed by atoms with Gasteiger partial charge in [-0.05, 0) is 31.9 Å². The molecule has 4 heteroatoms. The predicted molar refractivity (Wildman–Crippen MR) is 79.0 cm³/mol. The molecule has 0 saturated carbocycles. The van der Waals surface area contributed by atoms with Crippen LogP contribution in [0.2, 0.25) is 0 Å². The molecule has 1 aromatic rings.